The fraction of sp³-hybridized carbons (Fsp3) is 0.656. The Morgan fingerprint density at radius 2 is 1.97 bits per heavy atom. The number of hydrogen-bond donors (Lipinski definition) is 3. The predicted molar refractivity (Wildman–Crippen MR) is 151 cm³/mol. The van der Waals surface area contributed by atoms with Gasteiger partial charge in [0.25, 0.3) is 0 Å². The van der Waals surface area contributed by atoms with Gasteiger partial charge in [-0.15, -0.1) is 11.3 Å². The average Bonchev–Trinajstić information content (AvgIpc) is 3.39. The van der Waals surface area contributed by atoms with Crippen molar-refractivity contribution < 1.29 is 15.3 Å². The molecule has 1 aromatic heterocycles. The number of rotatable bonds is 7. The molecule has 1 heterocycles. The molecule has 4 saturated carbocycles. The molecule has 0 aromatic carbocycles. The van der Waals surface area contributed by atoms with E-state index in [-0.39, 0.29) is 10.8 Å². The van der Waals surface area contributed by atoms with Gasteiger partial charge >= 0.3 is 0 Å². The molecule has 202 valence electrons. The van der Waals surface area contributed by atoms with Gasteiger partial charge in [-0.05, 0) is 92.1 Å². The number of aromatic nitrogens is 1. The van der Waals surface area contributed by atoms with E-state index in [0.29, 0.717) is 30.6 Å². The Hall–Kier alpha value is -1.53. The third kappa shape index (κ3) is 5.09. The minimum atomic E-state index is -0.636. The van der Waals surface area contributed by atoms with Crippen LogP contribution in [0.2, 0.25) is 0 Å². The van der Waals surface area contributed by atoms with E-state index >= 15 is 0 Å². The molecule has 37 heavy (non-hydrogen) atoms. The molecule has 0 spiro atoms. The Morgan fingerprint density at radius 1 is 1.19 bits per heavy atom. The molecule has 0 amide bonds. The lowest BCUT2D eigenvalue weighted by atomic mass is 9.61. The first-order valence-electron chi connectivity index (χ1n) is 14.4. The number of aliphatic hydroxyl groups is 3. The van der Waals surface area contributed by atoms with E-state index < -0.39 is 18.3 Å². The quantitative estimate of drug-likeness (QED) is 0.360. The summed E-state index contributed by atoms with van der Waals surface area (Å²) in [6.45, 7) is 11.1. The summed E-state index contributed by atoms with van der Waals surface area (Å²) in [5.74, 6) is 1.60. The van der Waals surface area contributed by atoms with Crippen LogP contribution < -0.4 is 0 Å². The maximum Gasteiger partial charge on any atom is 0.102 e. The maximum atomic E-state index is 11.2. The first-order valence-corrected chi connectivity index (χ1v) is 15.3. The van der Waals surface area contributed by atoms with E-state index in [1.54, 1.807) is 11.3 Å². The Labute approximate surface area is 226 Å². The first kappa shape index (κ1) is 27.1. The fourth-order valence-electron chi connectivity index (χ4n) is 7.68. The number of aliphatic hydroxyl groups excluding tert-OH is 3. The molecule has 4 aliphatic rings. The zero-order chi connectivity index (χ0) is 26.4. The van der Waals surface area contributed by atoms with Crippen molar-refractivity contribution in [3.63, 3.8) is 0 Å². The Morgan fingerprint density at radius 3 is 2.68 bits per heavy atom. The molecule has 0 radical (unpaired) electrons. The van der Waals surface area contributed by atoms with Crippen LogP contribution in [0.1, 0.15) is 89.3 Å². The van der Waals surface area contributed by atoms with Gasteiger partial charge in [-0.3, -0.25) is 0 Å². The molecule has 7 atom stereocenters. The molecule has 4 aliphatic carbocycles. The lowest BCUT2D eigenvalue weighted by molar-refractivity contribution is 0.0862. The van der Waals surface area contributed by atoms with Gasteiger partial charge in [-0.25, -0.2) is 4.98 Å². The molecule has 5 rings (SSSR count). The molecule has 3 N–H and O–H groups in total. The lowest BCUT2D eigenvalue weighted by Gasteiger charge is -2.44. The van der Waals surface area contributed by atoms with E-state index in [1.807, 2.05) is 0 Å². The molecule has 0 unspecified atom stereocenters. The Bertz CT molecular complexity index is 1100. The van der Waals surface area contributed by atoms with Crippen molar-refractivity contribution in [1.82, 2.24) is 4.98 Å². The van der Waals surface area contributed by atoms with Gasteiger partial charge in [0.05, 0.1) is 29.4 Å². The van der Waals surface area contributed by atoms with Gasteiger partial charge in [0, 0.05) is 11.8 Å². The van der Waals surface area contributed by atoms with Crippen molar-refractivity contribution in [3.05, 3.63) is 63.7 Å². The SMILES string of the molecule is C=C1C(=CC=C2CCC[C@]3(C)[C@@H]([C@H](C)C=C[C@@H](O)C4(c5nc(CC)cs5)CC4)CC[C@@H]23)C[C@@H](O)C[C@@H]1O. The number of nitrogens with zero attached hydrogens (tertiary/aromatic N) is 1. The van der Waals surface area contributed by atoms with Crippen LogP contribution in [0.5, 0.6) is 0 Å². The van der Waals surface area contributed by atoms with Crippen LogP contribution in [0, 0.1) is 23.2 Å². The van der Waals surface area contributed by atoms with Gasteiger partial charge in [0.15, 0.2) is 0 Å². The maximum absolute atomic E-state index is 11.2. The number of aryl methyl sites for hydroxylation is 1. The van der Waals surface area contributed by atoms with Crippen molar-refractivity contribution in [3.8, 4) is 0 Å². The predicted octanol–water partition coefficient (Wildman–Crippen LogP) is 6.43. The minimum absolute atomic E-state index is 0.158. The zero-order valence-corrected chi connectivity index (χ0v) is 23.6. The van der Waals surface area contributed by atoms with Gasteiger partial charge in [0.1, 0.15) is 5.01 Å². The molecule has 5 heteroatoms. The van der Waals surface area contributed by atoms with Crippen LogP contribution in [0.25, 0.3) is 0 Å². The second-order valence-electron chi connectivity index (χ2n) is 12.5. The van der Waals surface area contributed by atoms with E-state index in [4.69, 9.17) is 4.98 Å². The average molecular weight is 524 g/mol. The minimum Gasteiger partial charge on any atom is -0.393 e. The summed E-state index contributed by atoms with van der Waals surface area (Å²) >= 11 is 1.71. The summed E-state index contributed by atoms with van der Waals surface area (Å²) in [5.41, 5.74) is 4.52. The number of thiazole rings is 1. The van der Waals surface area contributed by atoms with Gasteiger partial charge < -0.3 is 15.3 Å². The second kappa shape index (κ2) is 10.6. The molecule has 1 aromatic rings. The normalized spacial score (nSPS) is 37.3. The Balaban J connectivity index is 1.28. The summed E-state index contributed by atoms with van der Waals surface area (Å²) < 4.78 is 0. The summed E-state index contributed by atoms with van der Waals surface area (Å²) in [4.78, 5) is 4.81. The third-order valence-corrected chi connectivity index (χ3v) is 11.3. The van der Waals surface area contributed by atoms with Crippen LogP contribution in [-0.4, -0.2) is 38.6 Å². The van der Waals surface area contributed by atoms with E-state index in [2.05, 4.69) is 57.0 Å². The molecule has 0 saturated heterocycles. The molecule has 4 fully saturated rings. The highest BCUT2D eigenvalue weighted by molar-refractivity contribution is 7.09. The fourth-order valence-corrected chi connectivity index (χ4v) is 8.87. The van der Waals surface area contributed by atoms with Crippen LogP contribution in [0.4, 0.5) is 0 Å². The standard InChI is InChI=1S/C32H45NO3S/c1-5-24-19-37-30(33-24)32(15-16-32)29(36)13-8-20(2)26-11-12-27-22(7-6-14-31(26,27)4)9-10-23-17-25(34)18-28(35)21(23)3/h8-10,13,19-20,25-29,34-36H,3,5-7,11-12,14-18H2,1-2,4H3/t20-,25-,26-,27+,28+,29-,31-/m1/s1. The Kier molecular flexibility index (Phi) is 7.72. The largest absolute Gasteiger partial charge is 0.393 e. The van der Waals surface area contributed by atoms with Crippen LogP contribution in [0.3, 0.4) is 0 Å². The number of hydrogen-bond acceptors (Lipinski definition) is 5. The molecular weight excluding hydrogens is 478 g/mol. The molecular formula is C32H45NO3S. The van der Waals surface area contributed by atoms with Crippen molar-refractivity contribution in [1.29, 1.82) is 0 Å². The third-order valence-electron chi connectivity index (χ3n) is 10.2. The van der Waals surface area contributed by atoms with E-state index in [1.165, 1.54) is 31.3 Å². The lowest BCUT2D eigenvalue weighted by Crippen LogP contribution is -2.35. The zero-order valence-electron chi connectivity index (χ0n) is 22.8. The molecule has 0 bridgehead atoms. The van der Waals surface area contributed by atoms with Crippen LogP contribution >= 0.6 is 11.3 Å². The van der Waals surface area contributed by atoms with Crippen LogP contribution in [-0.2, 0) is 11.8 Å². The summed E-state index contributed by atoms with van der Waals surface area (Å²) in [6, 6.07) is 0. The number of allylic oxidation sites excluding steroid dienone is 4. The summed E-state index contributed by atoms with van der Waals surface area (Å²) in [5, 5.41) is 34.8. The second-order valence-corrected chi connectivity index (χ2v) is 13.4. The van der Waals surface area contributed by atoms with Crippen molar-refractivity contribution in [2.45, 2.75) is 109 Å². The van der Waals surface area contributed by atoms with Gasteiger partial charge in [-0.2, -0.15) is 0 Å². The smallest absolute Gasteiger partial charge is 0.102 e. The highest BCUT2D eigenvalue weighted by atomic mass is 32.1. The molecule has 4 nitrogen and oxygen atoms in total. The highest BCUT2D eigenvalue weighted by Gasteiger charge is 2.53. The van der Waals surface area contributed by atoms with E-state index in [0.717, 1.165) is 47.5 Å². The first-order chi connectivity index (χ1) is 17.7. The van der Waals surface area contributed by atoms with Gasteiger partial charge in [0.2, 0.25) is 0 Å². The topological polar surface area (TPSA) is 73.6 Å². The van der Waals surface area contributed by atoms with Crippen molar-refractivity contribution in [2.75, 3.05) is 0 Å². The van der Waals surface area contributed by atoms with E-state index in [9.17, 15) is 15.3 Å². The monoisotopic (exact) mass is 523 g/mol. The van der Waals surface area contributed by atoms with Gasteiger partial charge in [-0.1, -0.05) is 57.2 Å². The van der Waals surface area contributed by atoms with Crippen LogP contribution in [0.15, 0.2) is 53.0 Å². The summed E-state index contributed by atoms with van der Waals surface area (Å²) in [6.07, 6.45) is 17.2. The highest BCUT2D eigenvalue weighted by Crippen LogP contribution is 2.60. The summed E-state index contributed by atoms with van der Waals surface area (Å²) in [7, 11) is 0. The number of fused-ring (bicyclic) bond motifs is 1. The van der Waals surface area contributed by atoms with Crippen molar-refractivity contribution >= 4 is 11.3 Å². The van der Waals surface area contributed by atoms with Crippen molar-refractivity contribution in [2.24, 2.45) is 23.2 Å². The molecule has 0 aliphatic heterocycles.